The molecule has 5 nitrogen and oxygen atoms in total. The van der Waals surface area contributed by atoms with Gasteiger partial charge in [0.05, 0.1) is 5.75 Å². The summed E-state index contributed by atoms with van der Waals surface area (Å²) >= 11 is 1.34. The summed E-state index contributed by atoms with van der Waals surface area (Å²) in [5.41, 5.74) is 0.862. The number of benzene rings is 1. The Bertz CT molecular complexity index is 570. The lowest BCUT2D eigenvalue weighted by atomic mass is 10.2. The molecule has 106 valence electrons. The smallest absolute Gasteiger partial charge is 0.230 e. The second-order valence-electron chi connectivity index (χ2n) is 4.09. The second-order valence-corrected chi connectivity index (χ2v) is 5.03. The number of hydrogen-bond acceptors (Lipinski definition) is 4. The molecule has 0 spiro atoms. The van der Waals surface area contributed by atoms with E-state index in [4.69, 9.17) is 0 Å². The van der Waals surface area contributed by atoms with Crippen molar-refractivity contribution in [1.82, 2.24) is 20.1 Å². The van der Waals surface area contributed by atoms with Crippen molar-refractivity contribution in [3.8, 4) is 0 Å². The first-order valence-electron chi connectivity index (χ1n) is 6.20. The molecule has 1 aromatic heterocycles. The van der Waals surface area contributed by atoms with Crippen molar-refractivity contribution in [2.24, 2.45) is 0 Å². The van der Waals surface area contributed by atoms with Crippen molar-refractivity contribution in [2.75, 3.05) is 5.75 Å². The topological polar surface area (TPSA) is 59.8 Å². The summed E-state index contributed by atoms with van der Waals surface area (Å²) in [7, 11) is 0. The summed E-state index contributed by atoms with van der Waals surface area (Å²) in [6, 6.07) is 6.05. The monoisotopic (exact) mass is 294 g/mol. The van der Waals surface area contributed by atoms with Crippen LogP contribution in [0.5, 0.6) is 0 Å². The average Bonchev–Trinajstić information content (AvgIpc) is 2.92. The van der Waals surface area contributed by atoms with Gasteiger partial charge in [-0.3, -0.25) is 4.79 Å². The van der Waals surface area contributed by atoms with Crippen LogP contribution >= 0.6 is 11.8 Å². The molecule has 0 atom stereocenters. The zero-order valence-corrected chi connectivity index (χ0v) is 11.9. The Labute approximate surface area is 120 Å². The van der Waals surface area contributed by atoms with Crippen LogP contribution in [0.15, 0.2) is 35.7 Å². The molecule has 2 aromatic rings. The highest BCUT2D eigenvalue weighted by Crippen LogP contribution is 2.13. The summed E-state index contributed by atoms with van der Waals surface area (Å²) < 4.78 is 14.6. The fourth-order valence-corrected chi connectivity index (χ4v) is 2.37. The van der Waals surface area contributed by atoms with Gasteiger partial charge >= 0.3 is 0 Å². The summed E-state index contributed by atoms with van der Waals surface area (Å²) in [5.74, 6) is -0.0978. The van der Waals surface area contributed by atoms with E-state index >= 15 is 0 Å². The largest absolute Gasteiger partial charge is 0.351 e. The minimum atomic E-state index is -0.283. The molecule has 0 unspecified atom stereocenters. The van der Waals surface area contributed by atoms with E-state index in [1.54, 1.807) is 18.5 Å². The van der Waals surface area contributed by atoms with E-state index in [1.165, 1.54) is 23.9 Å². The van der Waals surface area contributed by atoms with Gasteiger partial charge in [0.15, 0.2) is 5.16 Å². The van der Waals surface area contributed by atoms with Crippen molar-refractivity contribution in [3.63, 3.8) is 0 Å². The fraction of sp³-hybridized carbons (Fsp3) is 0.308. The van der Waals surface area contributed by atoms with E-state index in [0.717, 1.165) is 17.3 Å². The van der Waals surface area contributed by atoms with E-state index < -0.39 is 0 Å². The highest BCUT2D eigenvalue weighted by molar-refractivity contribution is 7.99. The quantitative estimate of drug-likeness (QED) is 0.826. The predicted octanol–water partition coefficient (Wildman–Crippen LogP) is 1.85. The lowest BCUT2D eigenvalue weighted by Crippen LogP contribution is -2.24. The van der Waals surface area contributed by atoms with Gasteiger partial charge in [-0.15, -0.1) is 10.2 Å². The van der Waals surface area contributed by atoms with E-state index in [-0.39, 0.29) is 17.5 Å². The minimum absolute atomic E-state index is 0.0926. The maximum Gasteiger partial charge on any atom is 0.230 e. The van der Waals surface area contributed by atoms with Crippen molar-refractivity contribution in [2.45, 2.75) is 25.2 Å². The molecule has 0 aliphatic rings. The van der Waals surface area contributed by atoms with Crippen LogP contribution < -0.4 is 5.32 Å². The maximum absolute atomic E-state index is 12.7. The van der Waals surface area contributed by atoms with Gasteiger partial charge in [0.1, 0.15) is 12.1 Å². The molecular weight excluding hydrogens is 279 g/mol. The third-order valence-electron chi connectivity index (χ3n) is 2.66. The Morgan fingerprint density at radius 2 is 2.15 bits per heavy atom. The third-order valence-corrected chi connectivity index (χ3v) is 3.64. The van der Waals surface area contributed by atoms with Crippen LogP contribution in [0.2, 0.25) is 0 Å². The molecule has 2 rings (SSSR count). The van der Waals surface area contributed by atoms with Gasteiger partial charge in [0.25, 0.3) is 0 Å². The molecule has 0 bridgehead atoms. The summed E-state index contributed by atoms with van der Waals surface area (Å²) in [6.07, 6.45) is 1.64. The Hall–Kier alpha value is -1.89. The molecule has 0 aliphatic carbocycles. The van der Waals surface area contributed by atoms with Gasteiger partial charge in [0, 0.05) is 13.1 Å². The Morgan fingerprint density at radius 3 is 2.85 bits per heavy atom. The molecule has 7 heteroatoms. The molecule has 0 aliphatic heterocycles. The minimum Gasteiger partial charge on any atom is -0.351 e. The van der Waals surface area contributed by atoms with Crippen LogP contribution in [0, 0.1) is 5.82 Å². The van der Waals surface area contributed by atoms with Gasteiger partial charge in [-0.25, -0.2) is 4.39 Å². The molecular formula is C13H15FN4OS. The third kappa shape index (κ3) is 4.06. The number of carbonyl (C=O) groups is 1. The van der Waals surface area contributed by atoms with Crippen LogP contribution in [0.3, 0.4) is 0 Å². The molecule has 20 heavy (non-hydrogen) atoms. The van der Waals surface area contributed by atoms with E-state index in [2.05, 4.69) is 15.5 Å². The average molecular weight is 294 g/mol. The Kier molecular flexibility index (Phi) is 5.11. The van der Waals surface area contributed by atoms with Crippen molar-refractivity contribution < 1.29 is 9.18 Å². The predicted molar refractivity (Wildman–Crippen MR) is 74.7 cm³/mol. The number of nitrogens with zero attached hydrogens (tertiary/aromatic N) is 3. The molecule has 1 heterocycles. The second kappa shape index (κ2) is 7.04. The Balaban J connectivity index is 1.77. The van der Waals surface area contributed by atoms with E-state index in [0.29, 0.717) is 6.54 Å². The van der Waals surface area contributed by atoms with E-state index in [9.17, 15) is 9.18 Å². The fourth-order valence-electron chi connectivity index (χ4n) is 1.56. The van der Waals surface area contributed by atoms with E-state index in [1.807, 2.05) is 11.5 Å². The molecule has 1 amide bonds. The summed E-state index contributed by atoms with van der Waals surface area (Å²) in [5, 5.41) is 11.2. The number of halogens is 1. The number of carbonyl (C=O) groups excluding carboxylic acids is 1. The number of nitrogens with one attached hydrogen (secondary N) is 1. The number of aryl methyl sites for hydroxylation is 1. The first-order valence-corrected chi connectivity index (χ1v) is 7.19. The zero-order valence-electron chi connectivity index (χ0n) is 11.0. The molecule has 1 N–H and O–H groups in total. The zero-order chi connectivity index (χ0) is 14.4. The van der Waals surface area contributed by atoms with Gasteiger partial charge in [-0.05, 0) is 24.6 Å². The Morgan fingerprint density at radius 1 is 1.40 bits per heavy atom. The summed E-state index contributed by atoms with van der Waals surface area (Å²) in [6.45, 7) is 3.15. The number of thioether (sulfide) groups is 1. The number of amides is 1. The van der Waals surface area contributed by atoms with Crippen molar-refractivity contribution in [3.05, 3.63) is 42.0 Å². The molecule has 0 saturated heterocycles. The molecule has 1 aromatic carbocycles. The van der Waals surface area contributed by atoms with Gasteiger partial charge in [0.2, 0.25) is 5.91 Å². The van der Waals surface area contributed by atoms with Crippen LogP contribution in [0.4, 0.5) is 4.39 Å². The molecule has 0 radical (unpaired) electrons. The highest BCUT2D eigenvalue weighted by Gasteiger charge is 2.07. The maximum atomic E-state index is 12.7. The van der Waals surface area contributed by atoms with Crippen molar-refractivity contribution in [1.29, 1.82) is 0 Å². The van der Waals surface area contributed by atoms with Gasteiger partial charge < -0.3 is 9.88 Å². The standard InChI is InChI=1S/C13H15FN4OS/c1-2-18-9-16-17-13(18)20-8-12(19)15-7-10-3-5-11(14)6-4-10/h3-6,9H,2,7-8H2,1H3,(H,15,19). The van der Waals surface area contributed by atoms with Crippen LogP contribution in [0.1, 0.15) is 12.5 Å². The molecule has 0 fully saturated rings. The lowest BCUT2D eigenvalue weighted by Gasteiger charge is -2.05. The molecule has 0 saturated carbocycles. The summed E-state index contributed by atoms with van der Waals surface area (Å²) in [4.78, 5) is 11.7. The highest BCUT2D eigenvalue weighted by atomic mass is 32.2. The SMILES string of the molecule is CCn1cnnc1SCC(=O)NCc1ccc(F)cc1. The normalized spacial score (nSPS) is 10.5. The van der Waals surface area contributed by atoms with Crippen LogP contribution in [-0.4, -0.2) is 26.4 Å². The van der Waals surface area contributed by atoms with Gasteiger partial charge in [-0.1, -0.05) is 23.9 Å². The van der Waals surface area contributed by atoms with Crippen LogP contribution in [0.25, 0.3) is 0 Å². The van der Waals surface area contributed by atoms with Crippen LogP contribution in [-0.2, 0) is 17.9 Å². The lowest BCUT2D eigenvalue weighted by molar-refractivity contribution is -0.118. The van der Waals surface area contributed by atoms with Gasteiger partial charge in [-0.2, -0.15) is 0 Å². The van der Waals surface area contributed by atoms with Crippen molar-refractivity contribution >= 4 is 17.7 Å². The number of hydrogen-bond donors (Lipinski definition) is 1. The number of aromatic nitrogens is 3. The first-order chi connectivity index (χ1) is 9.69. The number of rotatable bonds is 6. The first kappa shape index (κ1) is 14.5.